The average molecular weight is 327 g/mol. The second kappa shape index (κ2) is 8.72. The normalized spacial score (nSPS) is 10.1. The summed E-state index contributed by atoms with van der Waals surface area (Å²) in [4.78, 5) is 23.5. The zero-order chi connectivity index (χ0) is 17.4. The van der Waals surface area contributed by atoms with Crippen LogP contribution in [0.25, 0.3) is 0 Å². The Balaban J connectivity index is 1.64. The lowest BCUT2D eigenvalue weighted by atomic mass is 10.1. The molecule has 0 fully saturated rings. The van der Waals surface area contributed by atoms with E-state index in [0.717, 1.165) is 16.9 Å². The molecule has 0 bridgehead atoms. The number of ether oxygens (including phenoxy) is 2. The summed E-state index contributed by atoms with van der Waals surface area (Å²) in [6.07, 6.45) is 0. The van der Waals surface area contributed by atoms with Crippen LogP contribution in [-0.2, 0) is 9.53 Å². The smallest absolute Gasteiger partial charge is 0.325 e. The van der Waals surface area contributed by atoms with Crippen LogP contribution in [0.3, 0.4) is 0 Å². The van der Waals surface area contributed by atoms with Gasteiger partial charge in [-0.3, -0.25) is 9.59 Å². The first-order valence-electron chi connectivity index (χ1n) is 7.74. The molecule has 0 saturated heterocycles. The fourth-order valence-corrected chi connectivity index (χ4v) is 2.03. The zero-order valence-electron chi connectivity index (χ0n) is 13.9. The van der Waals surface area contributed by atoms with Crippen LogP contribution in [-0.4, -0.2) is 31.6 Å². The highest BCUT2D eigenvalue weighted by Crippen LogP contribution is 2.11. The Hall–Kier alpha value is -2.82. The van der Waals surface area contributed by atoms with E-state index < -0.39 is 5.97 Å². The van der Waals surface area contributed by atoms with Crippen LogP contribution >= 0.6 is 0 Å². The first-order valence-corrected chi connectivity index (χ1v) is 7.74. The number of carbonyl (C=O) groups is 2. The molecule has 0 aliphatic carbocycles. The maximum absolute atomic E-state index is 11.9. The molecular formula is C19H21NO4. The molecule has 5 heteroatoms. The van der Waals surface area contributed by atoms with Gasteiger partial charge in [0.25, 0.3) is 5.91 Å². The third kappa shape index (κ3) is 5.76. The molecule has 0 unspecified atom stereocenters. The van der Waals surface area contributed by atoms with E-state index >= 15 is 0 Å². The second-order valence-corrected chi connectivity index (χ2v) is 5.43. The number of amides is 1. The zero-order valence-corrected chi connectivity index (χ0v) is 13.9. The minimum absolute atomic E-state index is 0.132. The second-order valence-electron chi connectivity index (χ2n) is 5.43. The van der Waals surface area contributed by atoms with Crippen LogP contribution in [0, 0.1) is 13.8 Å². The maximum Gasteiger partial charge on any atom is 0.325 e. The third-order valence-electron chi connectivity index (χ3n) is 3.31. The summed E-state index contributed by atoms with van der Waals surface area (Å²) in [5.74, 6) is -0.0648. The van der Waals surface area contributed by atoms with E-state index in [1.807, 2.05) is 50.2 Å². The quantitative estimate of drug-likeness (QED) is 0.627. The van der Waals surface area contributed by atoms with E-state index in [1.165, 1.54) is 0 Å². The van der Waals surface area contributed by atoms with Crippen molar-refractivity contribution in [1.82, 2.24) is 5.32 Å². The van der Waals surface area contributed by atoms with Crippen molar-refractivity contribution in [3.63, 3.8) is 0 Å². The highest BCUT2D eigenvalue weighted by Gasteiger charge is 2.08. The number of hydrogen-bond donors (Lipinski definition) is 1. The monoisotopic (exact) mass is 327 g/mol. The first kappa shape index (κ1) is 17.5. The minimum atomic E-state index is -0.497. The molecule has 126 valence electrons. The molecule has 0 radical (unpaired) electrons. The van der Waals surface area contributed by atoms with Gasteiger partial charge in [-0.2, -0.15) is 0 Å². The van der Waals surface area contributed by atoms with Crippen molar-refractivity contribution in [3.05, 3.63) is 65.2 Å². The van der Waals surface area contributed by atoms with Crippen LogP contribution in [0.4, 0.5) is 0 Å². The van der Waals surface area contributed by atoms with E-state index in [2.05, 4.69) is 5.32 Å². The van der Waals surface area contributed by atoms with Crippen LogP contribution in [0.2, 0.25) is 0 Å². The number of aryl methyl sites for hydroxylation is 2. The molecule has 0 aliphatic heterocycles. The summed E-state index contributed by atoms with van der Waals surface area (Å²) < 4.78 is 10.5. The lowest BCUT2D eigenvalue weighted by molar-refractivity contribution is -0.143. The maximum atomic E-state index is 11.9. The Bertz CT molecular complexity index is 695. The van der Waals surface area contributed by atoms with Crippen molar-refractivity contribution in [2.75, 3.05) is 19.8 Å². The number of carbonyl (C=O) groups excluding carboxylic acids is 2. The summed E-state index contributed by atoms with van der Waals surface area (Å²) in [6, 6.07) is 14.7. The van der Waals surface area contributed by atoms with Gasteiger partial charge in [0, 0.05) is 5.56 Å². The average Bonchev–Trinajstić information content (AvgIpc) is 2.57. The number of nitrogens with one attached hydrogen (secondary N) is 1. The van der Waals surface area contributed by atoms with Gasteiger partial charge >= 0.3 is 5.97 Å². The van der Waals surface area contributed by atoms with Crippen molar-refractivity contribution < 1.29 is 19.1 Å². The highest BCUT2D eigenvalue weighted by molar-refractivity contribution is 5.95. The SMILES string of the molecule is Cc1ccc(C(=O)NCC(=O)OCCOc2cccc(C)c2)cc1. The first-order chi connectivity index (χ1) is 11.5. The van der Waals surface area contributed by atoms with Gasteiger partial charge in [-0.15, -0.1) is 0 Å². The van der Waals surface area contributed by atoms with Crippen LogP contribution in [0.5, 0.6) is 5.75 Å². The van der Waals surface area contributed by atoms with E-state index in [-0.39, 0.29) is 25.7 Å². The lowest BCUT2D eigenvalue weighted by Crippen LogP contribution is -2.31. The summed E-state index contributed by atoms with van der Waals surface area (Å²) >= 11 is 0. The summed E-state index contributed by atoms with van der Waals surface area (Å²) in [5, 5.41) is 2.53. The van der Waals surface area contributed by atoms with E-state index in [9.17, 15) is 9.59 Å². The summed E-state index contributed by atoms with van der Waals surface area (Å²) in [7, 11) is 0. The van der Waals surface area contributed by atoms with Gasteiger partial charge in [-0.05, 0) is 43.7 Å². The largest absolute Gasteiger partial charge is 0.490 e. The molecule has 24 heavy (non-hydrogen) atoms. The lowest BCUT2D eigenvalue weighted by Gasteiger charge is -2.09. The molecular weight excluding hydrogens is 306 g/mol. The van der Waals surface area contributed by atoms with Gasteiger partial charge in [-0.25, -0.2) is 0 Å². The fourth-order valence-electron chi connectivity index (χ4n) is 2.03. The van der Waals surface area contributed by atoms with Crippen LogP contribution in [0.15, 0.2) is 48.5 Å². The Morgan fingerprint density at radius 1 is 0.958 bits per heavy atom. The van der Waals surface area contributed by atoms with E-state index in [0.29, 0.717) is 5.56 Å². The summed E-state index contributed by atoms with van der Waals surface area (Å²) in [6.45, 7) is 4.15. The molecule has 0 heterocycles. The number of benzene rings is 2. The molecule has 2 rings (SSSR count). The van der Waals surface area contributed by atoms with Crippen LogP contribution < -0.4 is 10.1 Å². The van der Waals surface area contributed by atoms with Crippen molar-refractivity contribution in [2.24, 2.45) is 0 Å². The molecule has 0 spiro atoms. The molecule has 1 amide bonds. The predicted octanol–water partition coefficient (Wildman–Crippen LogP) is 2.66. The van der Waals surface area contributed by atoms with Gasteiger partial charge in [0.1, 0.15) is 25.5 Å². The topological polar surface area (TPSA) is 64.6 Å². The predicted molar refractivity (Wildman–Crippen MR) is 91.1 cm³/mol. The molecule has 0 saturated carbocycles. The van der Waals surface area contributed by atoms with E-state index in [4.69, 9.17) is 9.47 Å². The van der Waals surface area contributed by atoms with E-state index in [1.54, 1.807) is 12.1 Å². The van der Waals surface area contributed by atoms with Crippen molar-refractivity contribution in [3.8, 4) is 5.75 Å². The highest BCUT2D eigenvalue weighted by atomic mass is 16.6. The molecule has 5 nitrogen and oxygen atoms in total. The number of esters is 1. The molecule has 0 atom stereocenters. The van der Waals surface area contributed by atoms with Gasteiger partial charge in [-0.1, -0.05) is 29.8 Å². The van der Waals surface area contributed by atoms with Crippen LogP contribution in [0.1, 0.15) is 21.5 Å². The fraction of sp³-hybridized carbons (Fsp3) is 0.263. The molecule has 0 aliphatic rings. The van der Waals surface area contributed by atoms with Gasteiger partial charge in [0.15, 0.2) is 0 Å². The number of hydrogen-bond acceptors (Lipinski definition) is 4. The standard InChI is InChI=1S/C19H21NO4/c1-14-6-8-16(9-7-14)19(22)20-13-18(21)24-11-10-23-17-5-3-4-15(2)12-17/h3-9,12H,10-11,13H2,1-2H3,(H,20,22). The van der Waals surface area contributed by atoms with Crippen molar-refractivity contribution >= 4 is 11.9 Å². The summed E-state index contributed by atoms with van der Waals surface area (Å²) in [5.41, 5.74) is 2.68. The van der Waals surface area contributed by atoms with Gasteiger partial charge in [0.2, 0.25) is 0 Å². The number of rotatable bonds is 7. The third-order valence-corrected chi connectivity index (χ3v) is 3.31. The van der Waals surface area contributed by atoms with Gasteiger partial charge in [0.05, 0.1) is 0 Å². The molecule has 0 aromatic heterocycles. The minimum Gasteiger partial charge on any atom is -0.490 e. The van der Waals surface area contributed by atoms with Gasteiger partial charge < -0.3 is 14.8 Å². The molecule has 2 aromatic rings. The van der Waals surface area contributed by atoms with Crippen molar-refractivity contribution in [1.29, 1.82) is 0 Å². The Labute approximate surface area is 141 Å². The Kier molecular flexibility index (Phi) is 6.37. The molecule has 1 N–H and O–H groups in total. The molecule has 2 aromatic carbocycles. The van der Waals surface area contributed by atoms with Crippen molar-refractivity contribution in [2.45, 2.75) is 13.8 Å². The Morgan fingerprint density at radius 3 is 2.42 bits per heavy atom. The Morgan fingerprint density at radius 2 is 1.71 bits per heavy atom.